The van der Waals surface area contributed by atoms with E-state index in [0.29, 0.717) is 13.0 Å². The Balaban J connectivity index is 2.52. The molecule has 2 N–H and O–H groups in total. The fraction of sp³-hybridized carbons (Fsp3) is 0.667. The molecule has 8 heteroatoms. The van der Waals surface area contributed by atoms with Crippen LogP contribution in [0.2, 0.25) is 0 Å². The van der Waals surface area contributed by atoms with Crippen LogP contribution in [0.5, 0.6) is 0 Å². The highest BCUT2D eigenvalue weighted by atomic mass is 32.2. The first-order valence-electron chi connectivity index (χ1n) is 6.41. The molecular weight excluding hydrogens is 284 g/mol. The third-order valence-corrected chi connectivity index (χ3v) is 4.31. The summed E-state index contributed by atoms with van der Waals surface area (Å²) in [5, 5.41) is 12.3. The third kappa shape index (κ3) is 5.20. The molecule has 20 heavy (non-hydrogen) atoms. The zero-order chi connectivity index (χ0) is 15.3. The van der Waals surface area contributed by atoms with Crippen molar-refractivity contribution in [3.63, 3.8) is 0 Å². The first-order valence-corrected chi connectivity index (χ1v) is 8.12. The Kier molecular flexibility index (Phi) is 5.55. The van der Waals surface area contributed by atoms with E-state index in [4.69, 9.17) is 5.11 Å². The van der Waals surface area contributed by atoms with Crippen molar-refractivity contribution < 1.29 is 23.1 Å². The lowest BCUT2D eigenvalue weighted by Crippen LogP contribution is -2.48. The number of carbonyl (C=O) groups is 2. The van der Waals surface area contributed by atoms with E-state index >= 15 is 0 Å². The molecule has 1 heterocycles. The lowest BCUT2D eigenvalue weighted by Gasteiger charge is -2.28. The quantitative estimate of drug-likeness (QED) is 0.747. The van der Waals surface area contributed by atoms with Crippen LogP contribution >= 0.6 is 0 Å². The third-order valence-electron chi connectivity index (χ3n) is 2.91. The van der Waals surface area contributed by atoms with E-state index in [1.165, 1.54) is 11.0 Å². The van der Waals surface area contributed by atoms with Crippen molar-refractivity contribution >= 4 is 21.8 Å². The molecule has 0 spiro atoms. The van der Waals surface area contributed by atoms with E-state index in [2.05, 4.69) is 5.32 Å². The Morgan fingerprint density at radius 3 is 2.55 bits per heavy atom. The number of carboxylic acid groups (broad SMARTS) is 1. The van der Waals surface area contributed by atoms with Crippen LogP contribution in [0.3, 0.4) is 0 Å². The predicted octanol–water partition coefficient (Wildman–Crippen LogP) is 0.582. The minimum absolute atomic E-state index is 0.00574. The molecule has 1 atom stereocenters. The number of nitrogens with one attached hydrogen (secondary N) is 1. The molecule has 1 unspecified atom stereocenters. The van der Waals surface area contributed by atoms with Gasteiger partial charge in [-0.15, -0.1) is 0 Å². The standard InChI is InChI=1S/C12H20N2O5S/c1-9(2)14(6-3-4-11(15)16)12(17)13-10-5-7-20(18,19)8-10/h5,7,9-10H,3-4,6,8H2,1-2H3,(H,13,17)(H,15,16). The summed E-state index contributed by atoms with van der Waals surface area (Å²) in [6.07, 6.45) is 1.80. The number of carbonyl (C=O) groups excluding carboxylic acids is 1. The molecule has 7 nitrogen and oxygen atoms in total. The molecule has 0 bridgehead atoms. The van der Waals surface area contributed by atoms with E-state index in [1.807, 2.05) is 13.8 Å². The second-order valence-corrected chi connectivity index (χ2v) is 6.93. The van der Waals surface area contributed by atoms with Gasteiger partial charge in [0.2, 0.25) is 0 Å². The van der Waals surface area contributed by atoms with Gasteiger partial charge >= 0.3 is 12.0 Å². The number of aliphatic carboxylic acids is 1. The maximum Gasteiger partial charge on any atom is 0.318 e. The molecule has 0 radical (unpaired) electrons. The Hall–Kier alpha value is -1.57. The van der Waals surface area contributed by atoms with Crippen molar-refractivity contribution in [1.82, 2.24) is 10.2 Å². The van der Waals surface area contributed by atoms with Crippen LogP contribution < -0.4 is 5.32 Å². The van der Waals surface area contributed by atoms with E-state index in [1.54, 1.807) is 0 Å². The highest BCUT2D eigenvalue weighted by Gasteiger charge is 2.25. The van der Waals surface area contributed by atoms with Crippen LogP contribution in [-0.2, 0) is 14.6 Å². The summed E-state index contributed by atoms with van der Waals surface area (Å²) in [6, 6.07) is -0.990. The molecule has 1 rings (SSSR count). The molecule has 0 saturated heterocycles. The summed E-state index contributed by atoms with van der Waals surface area (Å²) in [7, 11) is -3.21. The molecule has 0 aromatic heterocycles. The van der Waals surface area contributed by atoms with Gasteiger partial charge in [-0.05, 0) is 26.3 Å². The Morgan fingerprint density at radius 2 is 2.10 bits per heavy atom. The molecule has 114 valence electrons. The zero-order valence-corrected chi connectivity index (χ0v) is 12.4. The van der Waals surface area contributed by atoms with E-state index in [9.17, 15) is 18.0 Å². The topological polar surface area (TPSA) is 104 Å². The number of carboxylic acids is 1. The molecule has 2 amide bonds. The number of nitrogens with zero attached hydrogens (tertiary/aromatic N) is 1. The smallest absolute Gasteiger partial charge is 0.318 e. The van der Waals surface area contributed by atoms with Crippen LogP contribution in [0.1, 0.15) is 26.7 Å². The highest BCUT2D eigenvalue weighted by Crippen LogP contribution is 2.09. The van der Waals surface area contributed by atoms with E-state index in [-0.39, 0.29) is 24.2 Å². The largest absolute Gasteiger partial charge is 0.481 e. The highest BCUT2D eigenvalue weighted by molar-refractivity contribution is 7.94. The van der Waals surface area contributed by atoms with Crippen molar-refractivity contribution in [2.45, 2.75) is 38.8 Å². The van der Waals surface area contributed by atoms with Crippen molar-refractivity contribution in [2.24, 2.45) is 0 Å². The van der Waals surface area contributed by atoms with Gasteiger partial charge in [-0.2, -0.15) is 0 Å². The summed E-state index contributed by atoms with van der Waals surface area (Å²) in [5.41, 5.74) is 0. The van der Waals surface area contributed by atoms with E-state index in [0.717, 1.165) is 5.41 Å². The Labute approximate surface area is 118 Å². The minimum Gasteiger partial charge on any atom is -0.481 e. The molecule has 0 aromatic carbocycles. The molecular formula is C12H20N2O5S. The number of hydrogen-bond donors (Lipinski definition) is 2. The molecule has 0 saturated carbocycles. The Bertz CT molecular complexity index is 498. The van der Waals surface area contributed by atoms with Gasteiger partial charge < -0.3 is 15.3 Å². The fourth-order valence-electron chi connectivity index (χ4n) is 1.90. The monoisotopic (exact) mass is 304 g/mol. The number of hydrogen-bond acceptors (Lipinski definition) is 4. The van der Waals surface area contributed by atoms with E-state index < -0.39 is 21.8 Å². The van der Waals surface area contributed by atoms with Crippen LogP contribution in [0.15, 0.2) is 11.5 Å². The normalized spacial score (nSPS) is 20.1. The SMILES string of the molecule is CC(C)N(CCCC(=O)O)C(=O)NC1C=CS(=O)(=O)C1. The second-order valence-electron chi connectivity index (χ2n) is 5.00. The fourth-order valence-corrected chi connectivity index (χ4v) is 3.14. The minimum atomic E-state index is -3.21. The number of rotatable bonds is 6. The summed E-state index contributed by atoms with van der Waals surface area (Å²) in [5.74, 6) is -1.03. The van der Waals surface area contributed by atoms with Gasteiger partial charge in [-0.1, -0.05) is 0 Å². The maximum absolute atomic E-state index is 12.1. The van der Waals surface area contributed by atoms with Crippen LogP contribution in [0, 0.1) is 0 Å². The maximum atomic E-state index is 12.1. The van der Waals surface area contributed by atoms with Gasteiger partial charge in [0.25, 0.3) is 0 Å². The first-order chi connectivity index (χ1) is 9.21. The lowest BCUT2D eigenvalue weighted by molar-refractivity contribution is -0.137. The Morgan fingerprint density at radius 1 is 1.45 bits per heavy atom. The molecule has 0 aromatic rings. The van der Waals surface area contributed by atoms with Crippen molar-refractivity contribution in [3.8, 4) is 0 Å². The second kappa shape index (κ2) is 6.74. The summed E-state index contributed by atoms with van der Waals surface area (Å²) in [6.45, 7) is 3.96. The number of urea groups is 1. The van der Waals surface area contributed by atoms with Gasteiger partial charge in [0.1, 0.15) is 0 Å². The zero-order valence-electron chi connectivity index (χ0n) is 11.6. The summed E-state index contributed by atoms with van der Waals surface area (Å²) < 4.78 is 22.5. The average molecular weight is 304 g/mol. The molecule has 1 aliphatic heterocycles. The van der Waals surface area contributed by atoms with Crippen molar-refractivity contribution in [3.05, 3.63) is 11.5 Å². The molecule has 0 aliphatic carbocycles. The van der Waals surface area contributed by atoms with Crippen LogP contribution in [-0.4, -0.2) is 54.8 Å². The molecule has 1 aliphatic rings. The van der Waals surface area contributed by atoms with Crippen LogP contribution in [0.25, 0.3) is 0 Å². The van der Waals surface area contributed by atoms with Gasteiger partial charge in [0, 0.05) is 24.4 Å². The summed E-state index contributed by atoms with van der Waals surface area (Å²) >= 11 is 0. The lowest BCUT2D eigenvalue weighted by atomic mass is 10.2. The summed E-state index contributed by atoms with van der Waals surface area (Å²) in [4.78, 5) is 24.0. The van der Waals surface area contributed by atoms with Crippen molar-refractivity contribution in [2.75, 3.05) is 12.3 Å². The number of sulfone groups is 1. The first kappa shape index (κ1) is 16.5. The van der Waals surface area contributed by atoms with Gasteiger partial charge in [-0.25, -0.2) is 13.2 Å². The number of amides is 2. The van der Waals surface area contributed by atoms with Gasteiger partial charge in [0.15, 0.2) is 9.84 Å². The van der Waals surface area contributed by atoms with Crippen LogP contribution in [0.4, 0.5) is 4.79 Å². The van der Waals surface area contributed by atoms with Crippen molar-refractivity contribution in [1.29, 1.82) is 0 Å². The molecule has 0 fully saturated rings. The average Bonchev–Trinajstić information content (AvgIpc) is 2.63. The predicted molar refractivity (Wildman–Crippen MR) is 74.0 cm³/mol. The van der Waals surface area contributed by atoms with Gasteiger partial charge in [0.05, 0.1) is 11.8 Å². The van der Waals surface area contributed by atoms with Gasteiger partial charge in [-0.3, -0.25) is 4.79 Å².